The van der Waals surface area contributed by atoms with Gasteiger partial charge in [-0.1, -0.05) is 22.0 Å². The number of benzene rings is 1. The average molecular weight is 336 g/mol. The van der Waals surface area contributed by atoms with E-state index < -0.39 is 0 Å². The van der Waals surface area contributed by atoms with Gasteiger partial charge in [0.15, 0.2) is 0 Å². The SMILES string of the molecule is C=C[C@@H](c1cc(Br)ccc1F)N1CCNCC1.Cl. The van der Waals surface area contributed by atoms with Crippen LogP contribution in [0, 0.1) is 5.82 Å². The molecule has 1 aliphatic rings. The fraction of sp³-hybridized carbons (Fsp3) is 0.385. The van der Waals surface area contributed by atoms with Crippen molar-refractivity contribution in [3.8, 4) is 0 Å². The van der Waals surface area contributed by atoms with Crippen molar-refractivity contribution >= 4 is 28.3 Å². The lowest BCUT2D eigenvalue weighted by atomic mass is 10.0. The van der Waals surface area contributed by atoms with Crippen LogP contribution in [-0.2, 0) is 0 Å². The Labute approximate surface area is 122 Å². The monoisotopic (exact) mass is 334 g/mol. The summed E-state index contributed by atoms with van der Waals surface area (Å²) < 4.78 is 14.7. The summed E-state index contributed by atoms with van der Waals surface area (Å²) in [6.45, 7) is 7.57. The zero-order chi connectivity index (χ0) is 12.3. The molecule has 2 rings (SSSR count). The maximum Gasteiger partial charge on any atom is 0.128 e. The van der Waals surface area contributed by atoms with E-state index in [1.54, 1.807) is 6.07 Å². The van der Waals surface area contributed by atoms with E-state index in [2.05, 4.69) is 32.7 Å². The van der Waals surface area contributed by atoms with E-state index in [0.717, 1.165) is 30.7 Å². The van der Waals surface area contributed by atoms with Gasteiger partial charge in [0.2, 0.25) is 0 Å². The molecular weight excluding hydrogens is 319 g/mol. The third kappa shape index (κ3) is 3.54. The topological polar surface area (TPSA) is 15.3 Å². The van der Waals surface area contributed by atoms with Gasteiger partial charge in [-0.15, -0.1) is 19.0 Å². The van der Waals surface area contributed by atoms with E-state index in [-0.39, 0.29) is 24.3 Å². The van der Waals surface area contributed by atoms with Crippen molar-refractivity contribution in [2.45, 2.75) is 6.04 Å². The zero-order valence-electron chi connectivity index (χ0n) is 10.0. The summed E-state index contributed by atoms with van der Waals surface area (Å²) in [6.07, 6.45) is 1.82. The molecule has 0 bridgehead atoms. The zero-order valence-corrected chi connectivity index (χ0v) is 12.4. The quantitative estimate of drug-likeness (QED) is 0.854. The first-order valence-corrected chi connectivity index (χ1v) is 6.54. The number of nitrogens with zero attached hydrogens (tertiary/aromatic N) is 1. The molecule has 1 aromatic carbocycles. The predicted molar refractivity (Wildman–Crippen MR) is 78.7 cm³/mol. The van der Waals surface area contributed by atoms with Crippen molar-refractivity contribution in [1.29, 1.82) is 0 Å². The number of piperazine rings is 1. The lowest BCUT2D eigenvalue weighted by molar-refractivity contribution is 0.200. The minimum atomic E-state index is -0.170. The Hall–Kier alpha value is -0.420. The fourth-order valence-electron chi connectivity index (χ4n) is 2.17. The van der Waals surface area contributed by atoms with E-state index in [0.29, 0.717) is 5.56 Å². The van der Waals surface area contributed by atoms with Gasteiger partial charge in [0.05, 0.1) is 6.04 Å². The molecule has 1 heterocycles. The van der Waals surface area contributed by atoms with Gasteiger partial charge in [-0.25, -0.2) is 4.39 Å². The fourth-order valence-corrected chi connectivity index (χ4v) is 2.55. The first-order valence-electron chi connectivity index (χ1n) is 5.74. The van der Waals surface area contributed by atoms with Gasteiger partial charge in [0, 0.05) is 36.2 Å². The molecule has 0 aliphatic carbocycles. The molecular formula is C13H17BrClFN2. The highest BCUT2D eigenvalue weighted by molar-refractivity contribution is 9.10. The molecule has 1 fully saturated rings. The van der Waals surface area contributed by atoms with E-state index in [4.69, 9.17) is 0 Å². The summed E-state index contributed by atoms with van der Waals surface area (Å²) in [5, 5.41) is 3.29. The molecule has 0 amide bonds. The van der Waals surface area contributed by atoms with Crippen LogP contribution in [0.25, 0.3) is 0 Å². The van der Waals surface area contributed by atoms with Gasteiger partial charge in [0.25, 0.3) is 0 Å². The van der Waals surface area contributed by atoms with Gasteiger partial charge in [-0.3, -0.25) is 4.90 Å². The number of halogens is 3. The molecule has 1 aromatic rings. The molecule has 100 valence electrons. The molecule has 0 aromatic heterocycles. The minimum absolute atomic E-state index is 0. The summed E-state index contributed by atoms with van der Waals surface area (Å²) >= 11 is 3.39. The number of nitrogens with one attached hydrogen (secondary N) is 1. The van der Waals surface area contributed by atoms with Gasteiger partial charge < -0.3 is 5.32 Å². The second-order valence-corrected chi connectivity index (χ2v) is 5.05. The van der Waals surface area contributed by atoms with Crippen LogP contribution in [0.1, 0.15) is 11.6 Å². The third-order valence-electron chi connectivity index (χ3n) is 3.04. The van der Waals surface area contributed by atoms with Crippen molar-refractivity contribution in [3.05, 3.63) is 46.7 Å². The van der Waals surface area contributed by atoms with Gasteiger partial charge in [0.1, 0.15) is 5.82 Å². The van der Waals surface area contributed by atoms with Crippen LogP contribution < -0.4 is 5.32 Å². The molecule has 18 heavy (non-hydrogen) atoms. The van der Waals surface area contributed by atoms with Gasteiger partial charge in [-0.05, 0) is 18.2 Å². The van der Waals surface area contributed by atoms with Crippen molar-refractivity contribution in [2.24, 2.45) is 0 Å². The Morgan fingerprint density at radius 1 is 1.39 bits per heavy atom. The highest BCUT2D eigenvalue weighted by Gasteiger charge is 2.22. The average Bonchev–Trinajstić information content (AvgIpc) is 2.36. The number of rotatable bonds is 3. The van der Waals surface area contributed by atoms with E-state index in [9.17, 15) is 4.39 Å². The van der Waals surface area contributed by atoms with Crippen LogP contribution in [0.3, 0.4) is 0 Å². The van der Waals surface area contributed by atoms with Crippen molar-refractivity contribution in [2.75, 3.05) is 26.2 Å². The van der Waals surface area contributed by atoms with E-state index in [1.807, 2.05) is 12.1 Å². The standard InChI is InChI=1S/C13H16BrFN2.ClH/c1-2-13(17-7-5-16-6-8-17)11-9-10(14)3-4-12(11)15;/h2-4,9,13,16H,1,5-8H2;1H/t13-;/m0./s1. The second-order valence-electron chi connectivity index (χ2n) is 4.13. The lowest BCUT2D eigenvalue weighted by Gasteiger charge is -2.33. The molecule has 0 unspecified atom stereocenters. The van der Waals surface area contributed by atoms with Crippen LogP contribution in [-0.4, -0.2) is 31.1 Å². The third-order valence-corrected chi connectivity index (χ3v) is 3.54. The molecule has 1 aliphatic heterocycles. The molecule has 1 saturated heterocycles. The molecule has 0 spiro atoms. The molecule has 0 saturated carbocycles. The van der Waals surface area contributed by atoms with Crippen molar-refractivity contribution in [1.82, 2.24) is 10.2 Å². The van der Waals surface area contributed by atoms with Crippen LogP contribution in [0.2, 0.25) is 0 Å². The maximum absolute atomic E-state index is 13.9. The second kappa shape index (κ2) is 7.24. The Balaban J connectivity index is 0.00000162. The number of hydrogen-bond donors (Lipinski definition) is 1. The minimum Gasteiger partial charge on any atom is -0.314 e. The summed E-state index contributed by atoms with van der Waals surface area (Å²) in [4.78, 5) is 2.24. The predicted octanol–water partition coefficient (Wildman–Crippen LogP) is 3.14. The first-order chi connectivity index (χ1) is 8.22. The van der Waals surface area contributed by atoms with E-state index >= 15 is 0 Å². The Morgan fingerprint density at radius 2 is 2.06 bits per heavy atom. The van der Waals surface area contributed by atoms with E-state index in [1.165, 1.54) is 6.07 Å². The Bertz CT molecular complexity index is 408. The Kier molecular flexibility index (Phi) is 6.29. The summed E-state index contributed by atoms with van der Waals surface area (Å²) in [7, 11) is 0. The first kappa shape index (κ1) is 15.6. The molecule has 1 N–H and O–H groups in total. The maximum atomic E-state index is 13.9. The summed E-state index contributed by atoms with van der Waals surface area (Å²) in [6, 6.07) is 5.01. The molecule has 2 nitrogen and oxygen atoms in total. The van der Waals surface area contributed by atoms with Crippen molar-refractivity contribution < 1.29 is 4.39 Å². The van der Waals surface area contributed by atoms with Crippen molar-refractivity contribution in [3.63, 3.8) is 0 Å². The van der Waals surface area contributed by atoms with Crippen LogP contribution in [0.5, 0.6) is 0 Å². The summed E-state index contributed by atoms with van der Waals surface area (Å²) in [5.74, 6) is -0.170. The highest BCUT2D eigenvalue weighted by atomic mass is 79.9. The molecule has 0 radical (unpaired) electrons. The molecule has 5 heteroatoms. The molecule has 1 atom stereocenters. The largest absolute Gasteiger partial charge is 0.314 e. The van der Waals surface area contributed by atoms with Crippen LogP contribution in [0.4, 0.5) is 4.39 Å². The van der Waals surface area contributed by atoms with Gasteiger partial charge in [-0.2, -0.15) is 0 Å². The smallest absolute Gasteiger partial charge is 0.128 e. The number of hydrogen-bond acceptors (Lipinski definition) is 2. The van der Waals surface area contributed by atoms with Gasteiger partial charge >= 0.3 is 0 Å². The normalized spacial score (nSPS) is 17.9. The van der Waals surface area contributed by atoms with Crippen LogP contribution >= 0.6 is 28.3 Å². The lowest BCUT2D eigenvalue weighted by Crippen LogP contribution is -2.44. The van der Waals surface area contributed by atoms with Crippen LogP contribution in [0.15, 0.2) is 35.3 Å². The highest BCUT2D eigenvalue weighted by Crippen LogP contribution is 2.27. The Morgan fingerprint density at radius 3 is 2.67 bits per heavy atom. The summed E-state index contributed by atoms with van der Waals surface area (Å²) in [5.41, 5.74) is 0.691.